The molecular weight excluding hydrogens is 172 g/mol. The molecule has 0 spiro atoms. The van der Waals surface area contributed by atoms with E-state index >= 15 is 0 Å². The predicted octanol–water partition coefficient (Wildman–Crippen LogP) is 2.46. The highest BCUT2D eigenvalue weighted by Gasteiger charge is 2.43. The molecule has 2 nitrogen and oxygen atoms in total. The van der Waals surface area contributed by atoms with Crippen molar-refractivity contribution in [2.24, 2.45) is 11.3 Å². The molecule has 2 saturated carbocycles. The van der Waals surface area contributed by atoms with Gasteiger partial charge in [0.15, 0.2) is 0 Å². The third-order valence-electron chi connectivity index (χ3n) is 3.65. The minimum absolute atomic E-state index is 0.202. The first-order chi connectivity index (χ1) is 6.55. The van der Waals surface area contributed by atoms with Gasteiger partial charge in [0.05, 0.1) is 6.07 Å². The van der Waals surface area contributed by atoms with Crippen LogP contribution in [0.1, 0.15) is 46.0 Å². The molecule has 2 heteroatoms. The molecule has 0 saturated heterocycles. The van der Waals surface area contributed by atoms with Gasteiger partial charge in [0.25, 0.3) is 0 Å². The van der Waals surface area contributed by atoms with Gasteiger partial charge in [-0.2, -0.15) is 5.26 Å². The van der Waals surface area contributed by atoms with Gasteiger partial charge in [-0.05, 0) is 50.0 Å². The molecule has 1 atom stereocenters. The SMILES string of the molecule is CC1(C)CCC(C#N)(NCC2CC2)C1. The van der Waals surface area contributed by atoms with E-state index in [9.17, 15) is 5.26 Å². The van der Waals surface area contributed by atoms with Crippen LogP contribution in [0.3, 0.4) is 0 Å². The van der Waals surface area contributed by atoms with Crippen molar-refractivity contribution in [1.82, 2.24) is 5.32 Å². The molecular formula is C12H20N2. The smallest absolute Gasteiger partial charge is 0.107 e. The minimum Gasteiger partial charge on any atom is -0.299 e. The summed E-state index contributed by atoms with van der Waals surface area (Å²) in [5.74, 6) is 0.865. The fraction of sp³-hybridized carbons (Fsp3) is 0.917. The zero-order valence-corrected chi connectivity index (χ0v) is 9.27. The summed E-state index contributed by atoms with van der Waals surface area (Å²) in [5.41, 5.74) is 0.151. The molecule has 2 fully saturated rings. The second-order valence-corrected chi connectivity index (χ2v) is 5.86. The van der Waals surface area contributed by atoms with Crippen molar-refractivity contribution in [3.63, 3.8) is 0 Å². The lowest BCUT2D eigenvalue weighted by Crippen LogP contribution is -2.43. The lowest BCUT2D eigenvalue weighted by molar-refractivity contribution is 0.332. The molecule has 0 aromatic heterocycles. The average molecular weight is 192 g/mol. The lowest BCUT2D eigenvalue weighted by Gasteiger charge is -2.25. The van der Waals surface area contributed by atoms with E-state index in [0.717, 1.165) is 25.3 Å². The summed E-state index contributed by atoms with van der Waals surface area (Å²) in [6, 6.07) is 2.51. The first-order valence-corrected chi connectivity index (χ1v) is 5.72. The fourth-order valence-electron chi connectivity index (χ4n) is 2.49. The highest BCUT2D eigenvalue weighted by molar-refractivity contribution is 5.13. The molecule has 0 aliphatic heterocycles. The Balaban J connectivity index is 1.93. The average Bonchev–Trinajstić information content (AvgIpc) is 2.89. The minimum atomic E-state index is -0.202. The van der Waals surface area contributed by atoms with Crippen LogP contribution in [0.5, 0.6) is 0 Å². The third kappa shape index (κ3) is 2.09. The Labute approximate surface area is 86.7 Å². The predicted molar refractivity (Wildman–Crippen MR) is 56.7 cm³/mol. The highest BCUT2D eigenvalue weighted by atomic mass is 15.0. The summed E-state index contributed by atoms with van der Waals surface area (Å²) in [7, 11) is 0. The Bertz CT molecular complexity index is 260. The monoisotopic (exact) mass is 192 g/mol. The van der Waals surface area contributed by atoms with E-state index < -0.39 is 0 Å². The lowest BCUT2D eigenvalue weighted by atomic mass is 9.88. The molecule has 1 unspecified atom stereocenters. The number of nitriles is 1. The molecule has 2 rings (SSSR count). The third-order valence-corrected chi connectivity index (χ3v) is 3.65. The van der Waals surface area contributed by atoms with Crippen LogP contribution in [0, 0.1) is 22.7 Å². The second-order valence-electron chi connectivity index (χ2n) is 5.86. The maximum absolute atomic E-state index is 9.27. The van der Waals surface area contributed by atoms with Crippen LogP contribution in [0.2, 0.25) is 0 Å². The molecule has 1 N–H and O–H groups in total. The van der Waals surface area contributed by atoms with E-state index in [0.29, 0.717) is 5.41 Å². The molecule has 2 aliphatic rings. The molecule has 0 aromatic rings. The Kier molecular flexibility index (Phi) is 2.31. The van der Waals surface area contributed by atoms with Crippen molar-refractivity contribution in [2.75, 3.05) is 6.54 Å². The van der Waals surface area contributed by atoms with Crippen LogP contribution in [0.4, 0.5) is 0 Å². The van der Waals surface area contributed by atoms with Crippen molar-refractivity contribution < 1.29 is 0 Å². The summed E-state index contributed by atoms with van der Waals surface area (Å²) in [6.07, 6.45) is 5.94. The zero-order chi connectivity index (χ0) is 10.2. The Hall–Kier alpha value is -0.550. The highest BCUT2D eigenvalue weighted by Crippen LogP contribution is 2.43. The number of rotatable bonds is 3. The maximum atomic E-state index is 9.27. The first kappa shape index (κ1) is 9.98. The van der Waals surface area contributed by atoms with Crippen molar-refractivity contribution in [3.05, 3.63) is 0 Å². The van der Waals surface area contributed by atoms with Gasteiger partial charge in [0.2, 0.25) is 0 Å². The van der Waals surface area contributed by atoms with Gasteiger partial charge in [-0.3, -0.25) is 5.32 Å². The van der Waals surface area contributed by atoms with Crippen LogP contribution in [-0.2, 0) is 0 Å². The van der Waals surface area contributed by atoms with Gasteiger partial charge in [-0.1, -0.05) is 13.8 Å². The first-order valence-electron chi connectivity index (χ1n) is 5.72. The zero-order valence-electron chi connectivity index (χ0n) is 9.27. The van der Waals surface area contributed by atoms with E-state index in [1.807, 2.05) is 0 Å². The normalized spacial score (nSPS) is 35.5. The molecule has 0 heterocycles. The van der Waals surface area contributed by atoms with Crippen LogP contribution >= 0.6 is 0 Å². The topological polar surface area (TPSA) is 35.8 Å². The van der Waals surface area contributed by atoms with Crippen molar-refractivity contribution >= 4 is 0 Å². The molecule has 14 heavy (non-hydrogen) atoms. The van der Waals surface area contributed by atoms with Gasteiger partial charge in [-0.15, -0.1) is 0 Å². The van der Waals surface area contributed by atoms with Gasteiger partial charge in [-0.25, -0.2) is 0 Å². The summed E-state index contributed by atoms with van der Waals surface area (Å²) >= 11 is 0. The number of nitrogens with one attached hydrogen (secondary N) is 1. The van der Waals surface area contributed by atoms with E-state index in [1.54, 1.807) is 0 Å². The molecule has 0 radical (unpaired) electrons. The van der Waals surface area contributed by atoms with E-state index in [4.69, 9.17) is 0 Å². The van der Waals surface area contributed by atoms with Crippen LogP contribution < -0.4 is 5.32 Å². The van der Waals surface area contributed by atoms with E-state index in [-0.39, 0.29) is 5.54 Å². The van der Waals surface area contributed by atoms with Crippen molar-refractivity contribution in [1.29, 1.82) is 5.26 Å². The Morgan fingerprint density at radius 1 is 1.36 bits per heavy atom. The van der Waals surface area contributed by atoms with Crippen molar-refractivity contribution in [3.8, 4) is 6.07 Å². The molecule has 0 bridgehead atoms. The Morgan fingerprint density at radius 3 is 2.50 bits per heavy atom. The number of hydrogen-bond donors (Lipinski definition) is 1. The molecule has 0 aromatic carbocycles. The van der Waals surface area contributed by atoms with Gasteiger partial charge >= 0.3 is 0 Å². The van der Waals surface area contributed by atoms with Crippen molar-refractivity contribution in [2.45, 2.75) is 51.5 Å². The van der Waals surface area contributed by atoms with Crippen LogP contribution in [-0.4, -0.2) is 12.1 Å². The number of hydrogen-bond acceptors (Lipinski definition) is 2. The van der Waals surface area contributed by atoms with E-state index in [1.165, 1.54) is 19.3 Å². The van der Waals surface area contributed by atoms with Gasteiger partial charge in [0, 0.05) is 0 Å². The quantitative estimate of drug-likeness (QED) is 0.745. The van der Waals surface area contributed by atoms with Gasteiger partial charge in [0.1, 0.15) is 5.54 Å². The molecule has 0 amide bonds. The fourth-order valence-corrected chi connectivity index (χ4v) is 2.49. The largest absolute Gasteiger partial charge is 0.299 e. The molecule has 78 valence electrons. The van der Waals surface area contributed by atoms with E-state index in [2.05, 4.69) is 25.2 Å². The van der Waals surface area contributed by atoms with Gasteiger partial charge < -0.3 is 0 Å². The van der Waals surface area contributed by atoms with Crippen LogP contribution in [0.25, 0.3) is 0 Å². The molecule has 2 aliphatic carbocycles. The number of nitrogens with zero attached hydrogens (tertiary/aromatic N) is 1. The Morgan fingerprint density at radius 2 is 2.07 bits per heavy atom. The summed E-state index contributed by atoms with van der Waals surface area (Å²) in [6.45, 7) is 5.60. The summed E-state index contributed by atoms with van der Waals surface area (Å²) < 4.78 is 0. The summed E-state index contributed by atoms with van der Waals surface area (Å²) in [4.78, 5) is 0. The van der Waals surface area contributed by atoms with Crippen LogP contribution in [0.15, 0.2) is 0 Å². The standard InChI is InChI=1S/C12H20N2/c1-11(2)5-6-12(8-11,9-13)14-7-10-3-4-10/h10,14H,3-8H2,1-2H3. The second kappa shape index (κ2) is 3.24. The maximum Gasteiger partial charge on any atom is 0.107 e. The summed E-state index contributed by atoms with van der Waals surface area (Å²) in [5, 5.41) is 12.8.